The van der Waals surface area contributed by atoms with E-state index in [2.05, 4.69) is 28.9 Å². The van der Waals surface area contributed by atoms with Gasteiger partial charge in [-0.3, -0.25) is 4.79 Å². The summed E-state index contributed by atoms with van der Waals surface area (Å²) < 4.78 is 6.30. The van der Waals surface area contributed by atoms with Crippen molar-refractivity contribution in [2.24, 2.45) is 5.92 Å². The molecule has 6 heteroatoms. The number of carbonyl (C=O) groups is 1. The van der Waals surface area contributed by atoms with Gasteiger partial charge in [-0.2, -0.15) is 0 Å². The minimum absolute atomic E-state index is 0. The van der Waals surface area contributed by atoms with E-state index in [-0.39, 0.29) is 23.9 Å². The maximum atomic E-state index is 13.3. The van der Waals surface area contributed by atoms with Crippen LogP contribution in [0.5, 0.6) is 0 Å². The number of likely N-dealkylation sites (tertiary alicyclic amines) is 1. The first-order chi connectivity index (χ1) is 13.8. The molecule has 2 aromatic rings. The highest BCUT2D eigenvalue weighted by molar-refractivity contribution is 7.10. The second kappa shape index (κ2) is 8.76. The highest BCUT2D eigenvalue weighted by Crippen LogP contribution is 2.43. The summed E-state index contributed by atoms with van der Waals surface area (Å²) in [4.78, 5) is 16.8. The molecule has 2 fully saturated rings. The second-order valence-corrected chi connectivity index (χ2v) is 9.36. The number of amides is 1. The zero-order valence-corrected chi connectivity index (χ0v) is 18.3. The summed E-state index contributed by atoms with van der Waals surface area (Å²) in [6.07, 6.45) is 5.03. The van der Waals surface area contributed by atoms with Crippen molar-refractivity contribution in [2.75, 3.05) is 32.8 Å². The normalized spacial score (nSPS) is 22.9. The van der Waals surface area contributed by atoms with E-state index >= 15 is 0 Å². The van der Waals surface area contributed by atoms with Gasteiger partial charge in [0, 0.05) is 30.0 Å². The third-order valence-corrected chi connectivity index (χ3v) is 7.70. The maximum Gasteiger partial charge on any atom is 0.254 e. The molecule has 2 saturated heterocycles. The monoisotopic (exact) mass is 432 g/mol. The molecule has 0 bridgehead atoms. The lowest BCUT2D eigenvalue weighted by Gasteiger charge is -2.44. The molecule has 0 aliphatic carbocycles. The van der Waals surface area contributed by atoms with Crippen LogP contribution in [0, 0.1) is 5.92 Å². The Morgan fingerprint density at radius 2 is 2.07 bits per heavy atom. The lowest BCUT2D eigenvalue weighted by atomic mass is 9.82. The van der Waals surface area contributed by atoms with Gasteiger partial charge in [0.25, 0.3) is 5.91 Å². The van der Waals surface area contributed by atoms with Crippen molar-refractivity contribution in [3.8, 4) is 0 Å². The molecule has 1 aromatic heterocycles. The summed E-state index contributed by atoms with van der Waals surface area (Å²) in [7, 11) is 0. The van der Waals surface area contributed by atoms with Gasteiger partial charge >= 0.3 is 0 Å². The minimum atomic E-state index is -0.167. The first kappa shape index (κ1) is 20.9. The van der Waals surface area contributed by atoms with Crippen molar-refractivity contribution in [3.05, 3.63) is 57.3 Å². The summed E-state index contributed by atoms with van der Waals surface area (Å²) >= 11 is 1.85. The fraction of sp³-hybridized carbons (Fsp3) is 0.522. The van der Waals surface area contributed by atoms with E-state index in [0.29, 0.717) is 5.92 Å². The molecule has 3 aliphatic rings. The molecule has 1 spiro atoms. The first-order valence-electron chi connectivity index (χ1n) is 10.5. The Morgan fingerprint density at radius 1 is 1.24 bits per heavy atom. The number of piperidine rings is 1. The van der Waals surface area contributed by atoms with Gasteiger partial charge in [-0.05, 0) is 73.3 Å². The largest absolute Gasteiger partial charge is 0.370 e. The molecular formula is C23H29ClN2O2S. The molecule has 1 N–H and O–H groups in total. The van der Waals surface area contributed by atoms with E-state index in [9.17, 15) is 4.79 Å². The molecule has 3 aliphatic heterocycles. The molecule has 0 saturated carbocycles. The summed E-state index contributed by atoms with van der Waals surface area (Å²) in [5, 5.41) is 5.62. The molecule has 5 rings (SSSR count). The molecule has 0 radical (unpaired) electrons. The number of fused-ring (bicyclic) bond motifs is 2. The number of rotatable bonds is 3. The van der Waals surface area contributed by atoms with Gasteiger partial charge in [-0.1, -0.05) is 18.2 Å². The Kier molecular flexibility index (Phi) is 6.30. The van der Waals surface area contributed by atoms with Gasteiger partial charge in [0.05, 0.1) is 12.2 Å². The maximum absolute atomic E-state index is 13.3. The Labute approximate surface area is 183 Å². The Bertz CT molecular complexity index is 854. The number of ether oxygens (including phenoxy) is 1. The van der Waals surface area contributed by atoms with E-state index in [1.165, 1.54) is 22.4 Å². The van der Waals surface area contributed by atoms with Crippen molar-refractivity contribution in [3.63, 3.8) is 0 Å². The number of carbonyl (C=O) groups excluding carboxylic acids is 1. The number of hydrogen-bond donors (Lipinski definition) is 1. The Morgan fingerprint density at radius 3 is 2.86 bits per heavy atom. The fourth-order valence-corrected chi connectivity index (χ4v) is 6.07. The smallest absolute Gasteiger partial charge is 0.254 e. The number of halogens is 1. The van der Waals surface area contributed by atoms with Crippen LogP contribution in [-0.2, 0) is 23.2 Å². The Hall–Kier alpha value is -1.40. The molecule has 4 heterocycles. The van der Waals surface area contributed by atoms with Gasteiger partial charge in [0.1, 0.15) is 0 Å². The van der Waals surface area contributed by atoms with E-state index in [0.717, 1.165) is 64.0 Å². The summed E-state index contributed by atoms with van der Waals surface area (Å²) in [6, 6.07) is 10.4. The molecule has 1 aromatic carbocycles. The number of benzene rings is 1. The average Bonchev–Trinajstić information content (AvgIpc) is 3.41. The third-order valence-electron chi connectivity index (χ3n) is 6.72. The van der Waals surface area contributed by atoms with Crippen LogP contribution in [0.1, 0.15) is 45.6 Å². The topological polar surface area (TPSA) is 41.6 Å². The van der Waals surface area contributed by atoms with Gasteiger partial charge in [0.15, 0.2) is 0 Å². The van der Waals surface area contributed by atoms with E-state index in [1.54, 1.807) is 0 Å². The van der Waals surface area contributed by atoms with Crippen LogP contribution >= 0.6 is 23.7 Å². The zero-order valence-electron chi connectivity index (χ0n) is 16.7. The number of hydrogen-bond acceptors (Lipinski definition) is 4. The standard InChI is InChI=1S/C23H28N2O2S.ClH/c26-22(19-4-2-1-3-18(19)15-17-5-10-24-16-17)25-11-8-23(9-12-25)20-7-14-28-21(20)6-13-27-23;/h1-4,7,14,17,24H,5-6,8-13,15-16H2;1H. The first-order valence-corrected chi connectivity index (χ1v) is 11.4. The van der Waals surface area contributed by atoms with Crippen molar-refractivity contribution in [1.82, 2.24) is 10.2 Å². The molecular weight excluding hydrogens is 404 g/mol. The summed E-state index contributed by atoms with van der Waals surface area (Å²) in [5.74, 6) is 0.837. The predicted molar refractivity (Wildman–Crippen MR) is 119 cm³/mol. The van der Waals surface area contributed by atoms with Gasteiger partial charge < -0.3 is 15.0 Å². The number of nitrogens with zero attached hydrogens (tertiary/aromatic N) is 1. The molecule has 1 unspecified atom stereocenters. The van der Waals surface area contributed by atoms with Gasteiger partial charge in [0.2, 0.25) is 0 Å². The van der Waals surface area contributed by atoms with Crippen LogP contribution in [0.4, 0.5) is 0 Å². The van der Waals surface area contributed by atoms with Crippen LogP contribution in [0.15, 0.2) is 35.7 Å². The fourth-order valence-electron chi connectivity index (χ4n) is 5.12. The minimum Gasteiger partial charge on any atom is -0.370 e. The van der Waals surface area contributed by atoms with E-state index in [1.807, 2.05) is 28.4 Å². The molecule has 156 valence electrons. The zero-order chi connectivity index (χ0) is 19.0. The summed E-state index contributed by atoms with van der Waals surface area (Å²) in [5.41, 5.74) is 3.31. The molecule has 4 nitrogen and oxygen atoms in total. The lowest BCUT2D eigenvalue weighted by Crippen LogP contribution is -2.48. The predicted octanol–water partition coefficient (Wildman–Crippen LogP) is 4.03. The molecule has 1 amide bonds. The highest BCUT2D eigenvalue weighted by Gasteiger charge is 2.42. The Balaban J connectivity index is 0.00000205. The van der Waals surface area contributed by atoms with Crippen molar-refractivity contribution >= 4 is 29.7 Å². The quantitative estimate of drug-likeness (QED) is 0.796. The summed E-state index contributed by atoms with van der Waals surface area (Å²) in [6.45, 7) is 4.51. The van der Waals surface area contributed by atoms with Crippen molar-refractivity contribution < 1.29 is 9.53 Å². The highest BCUT2D eigenvalue weighted by atomic mass is 35.5. The average molecular weight is 433 g/mol. The number of thiophene rings is 1. The van der Waals surface area contributed by atoms with Crippen LogP contribution in [0.2, 0.25) is 0 Å². The van der Waals surface area contributed by atoms with Crippen LogP contribution in [0.3, 0.4) is 0 Å². The molecule has 1 atom stereocenters. The van der Waals surface area contributed by atoms with Crippen molar-refractivity contribution in [1.29, 1.82) is 0 Å². The number of nitrogens with one attached hydrogen (secondary N) is 1. The third kappa shape index (κ3) is 3.98. The second-order valence-electron chi connectivity index (χ2n) is 8.36. The molecule has 29 heavy (non-hydrogen) atoms. The van der Waals surface area contributed by atoms with Crippen LogP contribution < -0.4 is 5.32 Å². The van der Waals surface area contributed by atoms with E-state index in [4.69, 9.17) is 4.74 Å². The van der Waals surface area contributed by atoms with Crippen molar-refractivity contribution in [2.45, 2.75) is 37.7 Å². The SMILES string of the molecule is Cl.O=C(c1ccccc1CC1CCNC1)N1CCC2(CC1)OCCc1sccc12. The van der Waals surface area contributed by atoms with Crippen LogP contribution in [0.25, 0.3) is 0 Å². The van der Waals surface area contributed by atoms with E-state index < -0.39 is 0 Å². The van der Waals surface area contributed by atoms with Crippen LogP contribution in [-0.4, -0.2) is 43.6 Å². The van der Waals surface area contributed by atoms with Gasteiger partial charge in [-0.25, -0.2) is 0 Å². The van der Waals surface area contributed by atoms with Gasteiger partial charge in [-0.15, -0.1) is 23.7 Å². The lowest BCUT2D eigenvalue weighted by molar-refractivity contribution is -0.0926.